The highest BCUT2D eigenvalue weighted by atomic mass is 16.6. The van der Waals surface area contributed by atoms with E-state index in [9.17, 15) is 10.1 Å². The van der Waals surface area contributed by atoms with Crippen LogP contribution in [-0.4, -0.2) is 14.5 Å². The first-order chi connectivity index (χ1) is 10.2. The zero-order chi connectivity index (χ0) is 14.7. The zero-order valence-corrected chi connectivity index (χ0v) is 11.2. The van der Waals surface area contributed by atoms with Crippen LogP contribution in [0.4, 0.5) is 5.69 Å². The van der Waals surface area contributed by atoms with Crippen LogP contribution in [0.1, 0.15) is 5.56 Å². The fourth-order valence-corrected chi connectivity index (χ4v) is 2.25. The van der Waals surface area contributed by atoms with Crippen LogP contribution in [0.15, 0.2) is 67.1 Å². The first-order valence-electron chi connectivity index (χ1n) is 6.53. The van der Waals surface area contributed by atoms with Crippen LogP contribution in [0.2, 0.25) is 0 Å². The van der Waals surface area contributed by atoms with E-state index in [1.165, 1.54) is 6.07 Å². The van der Waals surface area contributed by atoms with Gasteiger partial charge in [0.15, 0.2) is 0 Å². The first-order valence-corrected chi connectivity index (χ1v) is 6.53. The Kier molecular flexibility index (Phi) is 3.47. The Balaban J connectivity index is 1.95. The lowest BCUT2D eigenvalue weighted by Gasteiger charge is -2.08. The monoisotopic (exact) mass is 279 g/mol. The van der Waals surface area contributed by atoms with E-state index in [0.717, 1.165) is 16.8 Å². The average Bonchev–Trinajstić information content (AvgIpc) is 2.96. The van der Waals surface area contributed by atoms with Crippen molar-refractivity contribution in [2.24, 2.45) is 0 Å². The van der Waals surface area contributed by atoms with Gasteiger partial charge in [0.2, 0.25) is 0 Å². The smallest absolute Gasteiger partial charge is 0.270 e. The lowest BCUT2D eigenvalue weighted by atomic mass is 10.1. The molecule has 0 atom stereocenters. The van der Waals surface area contributed by atoms with Gasteiger partial charge in [0, 0.05) is 24.2 Å². The molecule has 0 amide bonds. The number of nitro groups is 1. The summed E-state index contributed by atoms with van der Waals surface area (Å²) in [6, 6.07) is 16.6. The van der Waals surface area contributed by atoms with Crippen molar-refractivity contribution in [1.82, 2.24) is 9.55 Å². The zero-order valence-electron chi connectivity index (χ0n) is 11.2. The third-order valence-corrected chi connectivity index (χ3v) is 3.26. The van der Waals surface area contributed by atoms with Crippen LogP contribution in [0, 0.1) is 10.1 Å². The molecular weight excluding hydrogens is 266 g/mol. The second kappa shape index (κ2) is 5.58. The minimum Gasteiger partial charge on any atom is -0.326 e. The Morgan fingerprint density at radius 3 is 2.67 bits per heavy atom. The van der Waals surface area contributed by atoms with Crippen molar-refractivity contribution in [1.29, 1.82) is 0 Å². The van der Waals surface area contributed by atoms with E-state index in [4.69, 9.17) is 0 Å². The van der Waals surface area contributed by atoms with Gasteiger partial charge in [0.05, 0.1) is 23.1 Å². The van der Waals surface area contributed by atoms with Crippen LogP contribution < -0.4 is 0 Å². The number of non-ortho nitro benzene ring substituents is 1. The van der Waals surface area contributed by atoms with Crippen LogP contribution in [0.5, 0.6) is 0 Å². The first kappa shape index (κ1) is 13.1. The van der Waals surface area contributed by atoms with Crippen molar-refractivity contribution < 1.29 is 4.92 Å². The second-order valence-electron chi connectivity index (χ2n) is 4.70. The number of hydrogen-bond donors (Lipinski definition) is 0. The van der Waals surface area contributed by atoms with Crippen molar-refractivity contribution in [3.63, 3.8) is 0 Å². The predicted octanol–water partition coefficient (Wildman–Crippen LogP) is 3.51. The molecule has 1 aromatic heterocycles. The van der Waals surface area contributed by atoms with Crippen molar-refractivity contribution in [2.75, 3.05) is 0 Å². The van der Waals surface area contributed by atoms with Crippen LogP contribution in [0.25, 0.3) is 11.3 Å². The van der Waals surface area contributed by atoms with Gasteiger partial charge in [0.25, 0.3) is 5.69 Å². The number of hydrogen-bond acceptors (Lipinski definition) is 3. The Bertz CT molecular complexity index is 766. The number of benzene rings is 2. The largest absolute Gasteiger partial charge is 0.326 e. The standard InChI is InChI=1S/C16H13N3O2/c20-19(21)15-8-4-7-14(9-15)16-10-17-12-18(16)11-13-5-2-1-3-6-13/h1-10,12H,11H2. The molecule has 0 saturated heterocycles. The lowest BCUT2D eigenvalue weighted by molar-refractivity contribution is -0.384. The third kappa shape index (κ3) is 2.81. The Hall–Kier alpha value is -2.95. The summed E-state index contributed by atoms with van der Waals surface area (Å²) < 4.78 is 1.98. The summed E-state index contributed by atoms with van der Waals surface area (Å²) in [4.78, 5) is 14.7. The molecule has 0 spiro atoms. The summed E-state index contributed by atoms with van der Waals surface area (Å²) in [5.41, 5.74) is 2.89. The van der Waals surface area contributed by atoms with Gasteiger partial charge >= 0.3 is 0 Å². The van der Waals surface area contributed by atoms with Gasteiger partial charge in [-0.2, -0.15) is 0 Å². The minimum absolute atomic E-state index is 0.0833. The van der Waals surface area contributed by atoms with Gasteiger partial charge < -0.3 is 4.57 Å². The third-order valence-electron chi connectivity index (χ3n) is 3.26. The molecule has 21 heavy (non-hydrogen) atoms. The van der Waals surface area contributed by atoms with E-state index in [1.54, 1.807) is 24.7 Å². The molecule has 3 rings (SSSR count). The SMILES string of the molecule is O=[N+]([O-])c1cccc(-c2cncn2Cc2ccccc2)c1. The van der Waals surface area contributed by atoms with Crippen LogP contribution in [0.3, 0.4) is 0 Å². The summed E-state index contributed by atoms with van der Waals surface area (Å²) in [7, 11) is 0. The molecule has 0 bridgehead atoms. The van der Waals surface area contributed by atoms with E-state index in [-0.39, 0.29) is 10.6 Å². The maximum atomic E-state index is 10.9. The van der Waals surface area contributed by atoms with Crippen molar-refractivity contribution in [3.8, 4) is 11.3 Å². The van der Waals surface area contributed by atoms with E-state index < -0.39 is 0 Å². The highest BCUT2D eigenvalue weighted by Gasteiger charge is 2.10. The topological polar surface area (TPSA) is 61.0 Å². The number of nitro benzene ring substituents is 1. The summed E-state index contributed by atoms with van der Waals surface area (Å²) in [6.45, 7) is 0.679. The molecule has 2 aromatic carbocycles. The Labute approximate surface area is 121 Å². The fourth-order valence-electron chi connectivity index (χ4n) is 2.25. The number of rotatable bonds is 4. The van der Waals surface area contributed by atoms with Gasteiger partial charge in [-0.25, -0.2) is 4.98 Å². The molecule has 5 heteroatoms. The second-order valence-corrected chi connectivity index (χ2v) is 4.70. The molecule has 0 aliphatic rings. The Morgan fingerprint density at radius 2 is 1.90 bits per heavy atom. The van der Waals surface area contributed by atoms with Crippen molar-refractivity contribution >= 4 is 5.69 Å². The molecule has 0 aliphatic heterocycles. The molecule has 5 nitrogen and oxygen atoms in total. The van der Waals surface area contributed by atoms with Gasteiger partial charge in [-0.3, -0.25) is 10.1 Å². The molecule has 0 aliphatic carbocycles. The quantitative estimate of drug-likeness (QED) is 0.542. The number of aromatic nitrogens is 2. The van der Waals surface area contributed by atoms with Crippen LogP contribution in [-0.2, 0) is 6.54 Å². The van der Waals surface area contributed by atoms with E-state index >= 15 is 0 Å². The molecule has 0 saturated carbocycles. The molecule has 0 radical (unpaired) electrons. The van der Waals surface area contributed by atoms with Gasteiger partial charge in [-0.1, -0.05) is 42.5 Å². The summed E-state index contributed by atoms with van der Waals surface area (Å²) in [6.07, 6.45) is 3.46. The van der Waals surface area contributed by atoms with E-state index in [2.05, 4.69) is 4.98 Å². The van der Waals surface area contributed by atoms with E-state index in [0.29, 0.717) is 6.54 Å². The molecule has 104 valence electrons. The van der Waals surface area contributed by atoms with Gasteiger partial charge in [0.1, 0.15) is 0 Å². The number of imidazole rings is 1. The minimum atomic E-state index is -0.387. The predicted molar refractivity (Wildman–Crippen MR) is 79.9 cm³/mol. The fraction of sp³-hybridized carbons (Fsp3) is 0.0625. The highest BCUT2D eigenvalue weighted by Crippen LogP contribution is 2.24. The average molecular weight is 279 g/mol. The molecule has 1 heterocycles. The Morgan fingerprint density at radius 1 is 1.10 bits per heavy atom. The van der Waals surface area contributed by atoms with Gasteiger partial charge in [-0.05, 0) is 5.56 Å². The molecular formula is C16H13N3O2. The molecule has 0 unspecified atom stereocenters. The normalized spacial score (nSPS) is 10.5. The molecule has 0 fully saturated rings. The highest BCUT2D eigenvalue weighted by molar-refractivity contribution is 5.62. The summed E-state index contributed by atoms with van der Waals surface area (Å²) >= 11 is 0. The lowest BCUT2D eigenvalue weighted by Crippen LogP contribution is -2.00. The maximum absolute atomic E-state index is 10.9. The molecule has 0 N–H and O–H groups in total. The van der Waals surface area contributed by atoms with Crippen LogP contribution >= 0.6 is 0 Å². The van der Waals surface area contributed by atoms with Gasteiger partial charge in [-0.15, -0.1) is 0 Å². The summed E-state index contributed by atoms with van der Waals surface area (Å²) in [5.74, 6) is 0. The van der Waals surface area contributed by atoms with E-state index in [1.807, 2.05) is 41.0 Å². The van der Waals surface area contributed by atoms with Crippen molar-refractivity contribution in [3.05, 3.63) is 82.8 Å². The molecule has 3 aromatic rings. The number of nitrogens with zero attached hydrogens (tertiary/aromatic N) is 3. The summed E-state index contributed by atoms with van der Waals surface area (Å²) in [5, 5.41) is 10.9. The maximum Gasteiger partial charge on any atom is 0.270 e. The van der Waals surface area contributed by atoms with Crippen molar-refractivity contribution in [2.45, 2.75) is 6.54 Å².